The number of allylic oxidation sites excluding steroid dienone is 1. The third-order valence-electron chi connectivity index (χ3n) is 2.72. The summed E-state index contributed by atoms with van der Waals surface area (Å²) >= 11 is 1.82. The van der Waals surface area contributed by atoms with Gasteiger partial charge in [-0.3, -0.25) is 4.79 Å². The van der Waals surface area contributed by atoms with Gasteiger partial charge in [-0.15, -0.1) is 0 Å². The second kappa shape index (κ2) is 4.99. The van der Waals surface area contributed by atoms with Gasteiger partial charge in [0, 0.05) is 11.5 Å². The van der Waals surface area contributed by atoms with Crippen LogP contribution in [0.15, 0.2) is 11.6 Å². The minimum Gasteiger partial charge on any atom is -0.368 e. The van der Waals surface area contributed by atoms with Crippen LogP contribution in [0.4, 0.5) is 0 Å². The van der Waals surface area contributed by atoms with Crippen molar-refractivity contribution in [2.24, 2.45) is 0 Å². The van der Waals surface area contributed by atoms with Crippen molar-refractivity contribution in [1.29, 1.82) is 0 Å². The highest BCUT2D eigenvalue weighted by Gasteiger charge is 2.25. The van der Waals surface area contributed by atoms with Gasteiger partial charge in [0.15, 0.2) is 5.78 Å². The van der Waals surface area contributed by atoms with E-state index < -0.39 is 0 Å². The molecular formula is C11H16O2S. The first-order valence-electron chi connectivity index (χ1n) is 5.30. The minimum absolute atomic E-state index is 0.155. The summed E-state index contributed by atoms with van der Waals surface area (Å²) in [5, 5.41) is 0. The molecule has 2 nitrogen and oxygen atoms in total. The molecule has 1 aliphatic heterocycles. The lowest BCUT2D eigenvalue weighted by Gasteiger charge is -2.23. The molecule has 0 aromatic heterocycles. The maximum absolute atomic E-state index is 11.9. The van der Waals surface area contributed by atoms with Crippen LogP contribution in [0, 0.1) is 0 Å². The molecule has 0 N–H and O–H groups in total. The Balaban J connectivity index is 1.95. The molecular weight excluding hydrogens is 196 g/mol. The van der Waals surface area contributed by atoms with Gasteiger partial charge in [-0.25, -0.2) is 0 Å². The van der Waals surface area contributed by atoms with Crippen LogP contribution in [0.25, 0.3) is 0 Å². The highest BCUT2D eigenvalue weighted by atomic mass is 32.2. The average Bonchev–Trinajstić information content (AvgIpc) is 2.30. The van der Waals surface area contributed by atoms with Crippen molar-refractivity contribution in [3.05, 3.63) is 11.6 Å². The van der Waals surface area contributed by atoms with Crippen LogP contribution in [0.3, 0.4) is 0 Å². The van der Waals surface area contributed by atoms with Crippen molar-refractivity contribution < 1.29 is 9.53 Å². The molecule has 0 radical (unpaired) electrons. The summed E-state index contributed by atoms with van der Waals surface area (Å²) in [4.78, 5) is 11.9. The van der Waals surface area contributed by atoms with Crippen LogP contribution >= 0.6 is 11.8 Å². The summed E-state index contributed by atoms with van der Waals surface area (Å²) in [6.45, 7) is 0.731. The molecule has 0 saturated carbocycles. The predicted octanol–water partition coefficient (Wildman–Crippen LogP) is 2.19. The summed E-state index contributed by atoms with van der Waals surface area (Å²) in [5.74, 6) is 2.12. The fraction of sp³-hybridized carbons (Fsp3) is 0.727. The number of carbonyl (C=O) groups is 1. The van der Waals surface area contributed by atoms with Gasteiger partial charge in [0.1, 0.15) is 6.10 Å². The number of ketones is 1. The van der Waals surface area contributed by atoms with E-state index >= 15 is 0 Å². The Morgan fingerprint density at radius 1 is 1.50 bits per heavy atom. The molecule has 0 spiro atoms. The zero-order valence-electron chi connectivity index (χ0n) is 8.33. The number of thioether (sulfide) groups is 1. The van der Waals surface area contributed by atoms with E-state index in [0.29, 0.717) is 0 Å². The number of carbonyl (C=O) groups excluding carboxylic acids is 1. The van der Waals surface area contributed by atoms with E-state index in [9.17, 15) is 4.79 Å². The van der Waals surface area contributed by atoms with Crippen molar-refractivity contribution >= 4 is 17.5 Å². The second-order valence-corrected chi connectivity index (χ2v) is 4.92. The van der Waals surface area contributed by atoms with Gasteiger partial charge < -0.3 is 4.74 Å². The molecule has 0 bridgehead atoms. The van der Waals surface area contributed by atoms with Crippen LogP contribution in [0.1, 0.15) is 25.7 Å². The van der Waals surface area contributed by atoms with E-state index in [2.05, 4.69) is 6.08 Å². The summed E-state index contributed by atoms with van der Waals surface area (Å²) in [7, 11) is 0. The first-order valence-corrected chi connectivity index (χ1v) is 6.46. The van der Waals surface area contributed by atoms with E-state index in [-0.39, 0.29) is 11.9 Å². The van der Waals surface area contributed by atoms with E-state index in [0.717, 1.165) is 42.9 Å². The van der Waals surface area contributed by atoms with Crippen LogP contribution in [-0.2, 0) is 9.53 Å². The molecule has 2 rings (SSSR count). The van der Waals surface area contributed by atoms with E-state index in [1.807, 2.05) is 11.8 Å². The van der Waals surface area contributed by atoms with Crippen molar-refractivity contribution in [3.8, 4) is 0 Å². The number of hydrogen-bond acceptors (Lipinski definition) is 3. The van der Waals surface area contributed by atoms with E-state index in [4.69, 9.17) is 4.74 Å². The molecule has 3 heteroatoms. The van der Waals surface area contributed by atoms with Gasteiger partial charge in [0.2, 0.25) is 0 Å². The average molecular weight is 212 g/mol. The van der Waals surface area contributed by atoms with Crippen LogP contribution < -0.4 is 0 Å². The quantitative estimate of drug-likeness (QED) is 0.702. The minimum atomic E-state index is -0.155. The first-order chi connectivity index (χ1) is 6.88. The van der Waals surface area contributed by atoms with Gasteiger partial charge in [-0.05, 0) is 31.3 Å². The van der Waals surface area contributed by atoms with Crippen molar-refractivity contribution in [2.75, 3.05) is 18.1 Å². The van der Waals surface area contributed by atoms with Crippen molar-refractivity contribution in [3.63, 3.8) is 0 Å². The van der Waals surface area contributed by atoms with Crippen LogP contribution in [0.2, 0.25) is 0 Å². The first kappa shape index (κ1) is 10.2. The zero-order valence-corrected chi connectivity index (χ0v) is 9.15. The molecule has 2 aliphatic rings. The molecule has 0 aromatic rings. The van der Waals surface area contributed by atoms with Gasteiger partial charge >= 0.3 is 0 Å². The topological polar surface area (TPSA) is 26.3 Å². The lowest BCUT2D eigenvalue weighted by atomic mass is 9.94. The highest BCUT2D eigenvalue weighted by molar-refractivity contribution is 7.99. The summed E-state index contributed by atoms with van der Waals surface area (Å²) in [5.41, 5.74) is 1.02. The SMILES string of the molecule is O=C(C1=CCCCC1)C1CSCCO1. The van der Waals surface area contributed by atoms with Crippen LogP contribution in [0.5, 0.6) is 0 Å². The zero-order chi connectivity index (χ0) is 9.80. The fourth-order valence-corrected chi connectivity index (χ4v) is 2.75. The Kier molecular flexibility index (Phi) is 3.65. The van der Waals surface area contributed by atoms with Gasteiger partial charge in [-0.1, -0.05) is 6.08 Å². The number of hydrogen-bond donors (Lipinski definition) is 0. The molecule has 1 heterocycles. The Morgan fingerprint density at radius 3 is 3.07 bits per heavy atom. The van der Waals surface area contributed by atoms with Crippen LogP contribution in [-0.4, -0.2) is 30.0 Å². The molecule has 78 valence electrons. The van der Waals surface area contributed by atoms with Gasteiger partial charge in [0.05, 0.1) is 6.61 Å². The smallest absolute Gasteiger partial charge is 0.188 e. The van der Waals surface area contributed by atoms with Gasteiger partial charge in [-0.2, -0.15) is 11.8 Å². The molecule has 0 aromatic carbocycles. The Labute approximate surface area is 89.1 Å². The standard InChI is InChI=1S/C11H16O2S/c12-11(9-4-2-1-3-5-9)10-8-14-7-6-13-10/h4,10H,1-3,5-8H2. The molecule has 14 heavy (non-hydrogen) atoms. The molecule has 1 unspecified atom stereocenters. The summed E-state index contributed by atoms with van der Waals surface area (Å²) in [6.07, 6.45) is 6.38. The normalized spacial score (nSPS) is 28.3. The summed E-state index contributed by atoms with van der Waals surface area (Å²) < 4.78 is 5.48. The predicted molar refractivity (Wildman–Crippen MR) is 58.6 cm³/mol. The highest BCUT2D eigenvalue weighted by Crippen LogP contribution is 2.22. The fourth-order valence-electron chi connectivity index (χ4n) is 1.91. The number of ether oxygens (including phenoxy) is 1. The number of Topliss-reactive ketones (excluding diaryl/α,β-unsaturated/α-hetero) is 1. The molecule has 1 saturated heterocycles. The largest absolute Gasteiger partial charge is 0.368 e. The summed E-state index contributed by atoms with van der Waals surface area (Å²) in [6, 6.07) is 0. The van der Waals surface area contributed by atoms with E-state index in [1.165, 1.54) is 6.42 Å². The molecule has 1 atom stereocenters. The third kappa shape index (κ3) is 2.39. The van der Waals surface area contributed by atoms with Crippen molar-refractivity contribution in [2.45, 2.75) is 31.8 Å². The Morgan fingerprint density at radius 2 is 2.43 bits per heavy atom. The monoisotopic (exact) mass is 212 g/mol. The lowest BCUT2D eigenvalue weighted by Crippen LogP contribution is -2.32. The Hall–Kier alpha value is -0.280. The maximum atomic E-state index is 11.9. The van der Waals surface area contributed by atoms with E-state index in [1.54, 1.807) is 0 Å². The molecule has 1 aliphatic carbocycles. The van der Waals surface area contributed by atoms with Gasteiger partial charge in [0.25, 0.3) is 0 Å². The maximum Gasteiger partial charge on any atom is 0.188 e. The second-order valence-electron chi connectivity index (χ2n) is 3.77. The number of rotatable bonds is 2. The Bertz CT molecular complexity index is 242. The van der Waals surface area contributed by atoms with Crippen molar-refractivity contribution in [1.82, 2.24) is 0 Å². The third-order valence-corrected chi connectivity index (χ3v) is 3.71. The molecule has 1 fully saturated rings. The molecule has 0 amide bonds. The lowest BCUT2D eigenvalue weighted by molar-refractivity contribution is -0.125.